The highest BCUT2D eigenvalue weighted by molar-refractivity contribution is 6.76. The van der Waals surface area contributed by atoms with Crippen molar-refractivity contribution >= 4 is 14.0 Å². The molecular weight excluding hydrogens is 332 g/mol. The number of hydrogen-bond donors (Lipinski definition) is 0. The van der Waals surface area contributed by atoms with Crippen LogP contribution in [0.4, 0.5) is 0 Å². The Morgan fingerprint density at radius 2 is 2.12 bits per heavy atom. The Bertz CT molecular complexity index is 664. The molecule has 6 heteroatoms. The van der Waals surface area contributed by atoms with Gasteiger partial charge in [0.1, 0.15) is 6.73 Å². The van der Waals surface area contributed by atoms with Gasteiger partial charge in [0.2, 0.25) is 0 Å². The molecule has 1 saturated carbocycles. The lowest BCUT2D eigenvalue weighted by molar-refractivity contribution is 0.0453. The molecule has 1 fully saturated rings. The van der Waals surface area contributed by atoms with Crippen LogP contribution in [0.3, 0.4) is 0 Å². The molecule has 3 atom stereocenters. The van der Waals surface area contributed by atoms with Crippen molar-refractivity contribution in [2.75, 3.05) is 13.2 Å². The van der Waals surface area contributed by atoms with E-state index >= 15 is 0 Å². The fourth-order valence-electron chi connectivity index (χ4n) is 4.15. The standard InChI is InChI=1S/C19H32N2O3Si/c1-7-24-18(22)17-14-10-15-13(2)19(15,3)11-16(14)20-21(17)12-23-8-9-25(4,5)6/h13,15H,7-12H2,1-6H3/t13-,15+,19-/m0/s1. The second kappa shape index (κ2) is 6.54. The first kappa shape index (κ1) is 18.6. The summed E-state index contributed by atoms with van der Waals surface area (Å²) in [6.45, 7) is 14.9. The predicted molar refractivity (Wildman–Crippen MR) is 100 cm³/mol. The molecule has 0 aromatic carbocycles. The Hall–Kier alpha value is -1.14. The fourth-order valence-corrected chi connectivity index (χ4v) is 4.91. The van der Waals surface area contributed by atoms with Crippen LogP contribution in [-0.2, 0) is 29.0 Å². The maximum atomic E-state index is 12.5. The smallest absolute Gasteiger partial charge is 0.356 e. The molecule has 140 valence electrons. The summed E-state index contributed by atoms with van der Waals surface area (Å²) in [6, 6.07) is 1.11. The average molecular weight is 365 g/mol. The lowest BCUT2D eigenvalue weighted by atomic mass is 9.87. The third-order valence-corrected chi connectivity index (χ3v) is 7.87. The summed E-state index contributed by atoms with van der Waals surface area (Å²) in [5.74, 6) is 1.11. The minimum Gasteiger partial charge on any atom is -0.461 e. The lowest BCUT2D eigenvalue weighted by Crippen LogP contribution is -2.23. The highest BCUT2D eigenvalue weighted by Gasteiger charge is 2.61. The Labute approximate surface area is 152 Å². The molecule has 3 rings (SSSR count). The van der Waals surface area contributed by atoms with Crippen LogP contribution in [0.15, 0.2) is 0 Å². The maximum absolute atomic E-state index is 12.5. The number of carbonyl (C=O) groups is 1. The SMILES string of the molecule is CCOC(=O)c1c2c(nn1COCC[Si](C)(C)C)C[C@]1(C)[C@H](C2)[C@@H]1C. The second-order valence-electron chi connectivity index (χ2n) is 9.12. The molecule has 0 bridgehead atoms. The van der Waals surface area contributed by atoms with E-state index < -0.39 is 8.07 Å². The van der Waals surface area contributed by atoms with E-state index in [9.17, 15) is 4.79 Å². The topological polar surface area (TPSA) is 53.3 Å². The minimum absolute atomic E-state index is 0.262. The van der Waals surface area contributed by atoms with E-state index in [1.54, 1.807) is 4.68 Å². The van der Waals surface area contributed by atoms with Gasteiger partial charge in [0.05, 0.1) is 12.3 Å². The van der Waals surface area contributed by atoms with E-state index in [0.717, 1.165) is 36.8 Å². The molecule has 0 amide bonds. The van der Waals surface area contributed by atoms with Crippen LogP contribution in [0, 0.1) is 17.3 Å². The predicted octanol–water partition coefficient (Wildman–Crippen LogP) is 3.74. The van der Waals surface area contributed by atoms with Crippen molar-refractivity contribution in [2.45, 2.75) is 66.0 Å². The largest absolute Gasteiger partial charge is 0.461 e. The van der Waals surface area contributed by atoms with Gasteiger partial charge >= 0.3 is 5.97 Å². The number of esters is 1. The zero-order chi connectivity index (χ0) is 18.4. The van der Waals surface area contributed by atoms with Gasteiger partial charge in [-0.05, 0) is 43.1 Å². The zero-order valence-electron chi connectivity index (χ0n) is 16.5. The average Bonchev–Trinajstić information content (AvgIpc) is 2.88. The van der Waals surface area contributed by atoms with Gasteiger partial charge < -0.3 is 9.47 Å². The number of aromatic nitrogens is 2. The monoisotopic (exact) mass is 364 g/mol. The molecule has 0 N–H and O–H groups in total. The second-order valence-corrected chi connectivity index (χ2v) is 14.7. The summed E-state index contributed by atoms with van der Waals surface area (Å²) in [5, 5.41) is 4.75. The molecule has 0 unspecified atom stereocenters. The normalized spacial score (nSPS) is 27.6. The Kier molecular flexibility index (Phi) is 4.88. The first-order valence-electron chi connectivity index (χ1n) is 9.51. The number of hydrogen-bond acceptors (Lipinski definition) is 4. The molecule has 1 aromatic rings. The first-order valence-corrected chi connectivity index (χ1v) is 13.2. The number of carbonyl (C=O) groups excluding carboxylic acids is 1. The molecule has 25 heavy (non-hydrogen) atoms. The number of nitrogens with zero attached hydrogens (tertiary/aromatic N) is 2. The van der Waals surface area contributed by atoms with Gasteiger partial charge in [-0.3, -0.25) is 0 Å². The summed E-state index contributed by atoms with van der Waals surface area (Å²) in [7, 11) is -1.12. The highest BCUT2D eigenvalue weighted by Crippen LogP contribution is 2.64. The van der Waals surface area contributed by atoms with Crippen molar-refractivity contribution in [1.29, 1.82) is 0 Å². The van der Waals surface area contributed by atoms with Crippen molar-refractivity contribution in [2.24, 2.45) is 17.3 Å². The number of fused-ring (bicyclic) bond motifs is 2. The van der Waals surface area contributed by atoms with Gasteiger partial charge in [0.25, 0.3) is 0 Å². The maximum Gasteiger partial charge on any atom is 0.356 e. The van der Waals surface area contributed by atoms with Crippen molar-refractivity contribution in [3.8, 4) is 0 Å². The van der Waals surface area contributed by atoms with Crippen LogP contribution in [0.1, 0.15) is 42.5 Å². The van der Waals surface area contributed by atoms with Crippen molar-refractivity contribution < 1.29 is 14.3 Å². The van der Waals surface area contributed by atoms with Crippen LogP contribution in [-0.4, -0.2) is 37.0 Å². The number of ether oxygens (including phenoxy) is 2. The van der Waals surface area contributed by atoms with Crippen molar-refractivity contribution in [3.05, 3.63) is 17.0 Å². The van der Waals surface area contributed by atoms with Crippen molar-refractivity contribution in [3.63, 3.8) is 0 Å². The van der Waals surface area contributed by atoms with E-state index in [2.05, 4.69) is 33.5 Å². The Morgan fingerprint density at radius 1 is 1.40 bits per heavy atom. The summed E-state index contributed by atoms with van der Waals surface area (Å²) in [6.07, 6.45) is 1.90. The van der Waals surface area contributed by atoms with Crippen LogP contribution >= 0.6 is 0 Å². The van der Waals surface area contributed by atoms with E-state index in [4.69, 9.17) is 14.6 Å². The molecule has 0 saturated heterocycles. The fraction of sp³-hybridized carbons (Fsp3) is 0.789. The molecule has 1 aromatic heterocycles. The van der Waals surface area contributed by atoms with Crippen LogP contribution in [0.2, 0.25) is 25.7 Å². The van der Waals surface area contributed by atoms with Crippen LogP contribution < -0.4 is 0 Å². The third-order valence-electron chi connectivity index (χ3n) is 6.17. The lowest BCUT2D eigenvalue weighted by Gasteiger charge is -2.17. The quantitative estimate of drug-likeness (QED) is 0.420. The van der Waals surface area contributed by atoms with E-state index in [1.807, 2.05) is 6.92 Å². The molecule has 0 radical (unpaired) electrons. The molecule has 1 heterocycles. The summed E-state index contributed by atoms with van der Waals surface area (Å²) in [5.41, 5.74) is 3.14. The van der Waals surface area contributed by atoms with Gasteiger partial charge in [-0.25, -0.2) is 9.48 Å². The molecule has 2 aliphatic carbocycles. The highest BCUT2D eigenvalue weighted by atomic mass is 28.3. The van der Waals surface area contributed by atoms with Gasteiger partial charge in [-0.1, -0.05) is 33.5 Å². The summed E-state index contributed by atoms with van der Waals surface area (Å²) >= 11 is 0. The van der Waals surface area contributed by atoms with Crippen molar-refractivity contribution in [1.82, 2.24) is 9.78 Å². The molecule has 2 aliphatic rings. The summed E-state index contributed by atoms with van der Waals surface area (Å²) in [4.78, 5) is 12.5. The van der Waals surface area contributed by atoms with Gasteiger partial charge in [-0.2, -0.15) is 5.10 Å². The first-order chi connectivity index (χ1) is 11.7. The third kappa shape index (κ3) is 3.56. The molecule has 0 spiro atoms. The van der Waals surface area contributed by atoms with E-state index in [1.165, 1.54) is 0 Å². The van der Waals surface area contributed by atoms with E-state index in [-0.39, 0.29) is 5.97 Å². The summed E-state index contributed by atoms with van der Waals surface area (Å²) < 4.78 is 12.9. The Balaban J connectivity index is 1.77. The molecular formula is C19H32N2O3Si. The zero-order valence-corrected chi connectivity index (χ0v) is 17.5. The van der Waals surface area contributed by atoms with Crippen LogP contribution in [0.5, 0.6) is 0 Å². The van der Waals surface area contributed by atoms with E-state index in [0.29, 0.717) is 36.3 Å². The molecule has 0 aliphatic heterocycles. The minimum atomic E-state index is -1.12. The van der Waals surface area contributed by atoms with Crippen LogP contribution in [0.25, 0.3) is 0 Å². The Morgan fingerprint density at radius 3 is 2.76 bits per heavy atom. The van der Waals surface area contributed by atoms with Gasteiger partial charge in [0, 0.05) is 20.2 Å². The van der Waals surface area contributed by atoms with Gasteiger partial charge in [0.15, 0.2) is 5.69 Å². The van der Waals surface area contributed by atoms with Gasteiger partial charge in [-0.15, -0.1) is 0 Å². The molecule has 5 nitrogen and oxygen atoms in total. The number of rotatable bonds is 7.